The van der Waals surface area contributed by atoms with E-state index in [0.29, 0.717) is 11.1 Å². The van der Waals surface area contributed by atoms with Crippen LogP contribution in [-0.2, 0) is 0 Å². The third-order valence-electron chi connectivity index (χ3n) is 2.43. The highest BCUT2D eigenvalue weighted by atomic mass is 35.5. The van der Waals surface area contributed by atoms with Gasteiger partial charge in [0.15, 0.2) is 0 Å². The fourth-order valence-corrected chi connectivity index (χ4v) is 2.58. The van der Waals surface area contributed by atoms with Crippen molar-refractivity contribution in [1.29, 1.82) is 0 Å². The van der Waals surface area contributed by atoms with E-state index in [9.17, 15) is 4.39 Å². The molecule has 18 heavy (non-hydrogen) atoms. The molecule has 0 aliphatic heterocycles. The first-order valence-electron chi connectivity index (χ1n) is 4.80. The molecule has 2 rings (SSSR count). The van der Waals surface area contributed by atoms with Gasteiger partial charge in [-0.25, -0.2) is 4.39 Å². The molecule has 0 amide bonds. The maximum Gasteiger partial charge on any atom is 0.146 e. The molecule has 0 saturated heterocycles. The quantitative estimate of drug-likeness (QED) is 0.529. The lowest BCUT2D eigenvalue weighted by molar-refractivity contribution is 0.633. The van der Waals surface area contributed by atoms with Gasteiger partial charge in [-0.1, -0.05) is 58.5 Å². The minimum atomic E-state index is -0.560. The Labute approximate surface area is 123 Å². The molecule has 0 heterocycles. The molecule has 0 atom stereocenters. The van der Waals surface area contributed by atoms with Crippen LogP contribution in [0.4, 0.5) is 10.1 Å². The van der Waals surface area contributed by atoms with Gasteiger partial charge in [0.2, 0.25) is 0 Å². The third kappa shape index (κ3) is 2.26. The molecule has 1 nitrogen and oxygen atoms in total. The van der Waals surface area contributed by atoms with E-state index in [0.717, 1.165) is 0 Å². The Balaban J connectivity index is 2.83. The molecular formula is C12H6Cl4FN. The van der Waals surface area contributed by atoms with E-state index < -0.39 is 5.82 Å². The summed E-state index contributed by atoms with van der Waals surface area (Å²) in [6, 6.07) is 5.76. The smallest absolute Gasteiger partial charge is 0.146 e. The molecule has 0 aliphatic rings. The average molecular weight is 325 g/mol. The van der Waals surface area contributed by atoms with Crippen LogP contribution in [0.15, 0.2) is 24.3 Å². The van der Waals surface area contributed by atoms with Gasteiger partial charge in [-0.2, -0.15) is 0 Å². The number of nitrogens with two attached hydrogens (primary N) is 1. The third-order valence-corrected chi connectivity index (χ3v) is 4.01. The van der Waals surface area contributed by atoms with Crippen LogP contribution >= 0.6 is 46.4 Å². The molecule has 0 spiro atoms. The summed E-state index contributed by atoms with van der Waals surface area (Å²) in [7, 11) is 0. The van der Waals surface area contributed by atoms with Gasteiger partial charge in [-0.15, -0.1) is 0 Å². The highest BCUT2D eigenvalue weighted by Crippen LogP contribution is 2.45. The summed E-state index contributed by atoms with van der Waals surface area (Å²) in [5, 5.41) is 0.821. The minimum absolute atomic E-state index is 0.0559. The number of hydrogen-bond acceptors (Lipinski definition) is 1. The number of nitrogen functional groups attached to an aromatic ring is 1. The molecule has 0 radical (unpaired) electrons. The lowest BCUT2D eigenvalue weighted by Gasteiger charge is -2.13. The molecular weight excluding hydrogens is 319 g/mol. The summed E-state index contributed by atoms with van der Waals surface area (Å²) in [6.45, 7) is 0. The second-order valence-electron chi connectivity index (χ2n) is 3.54. The van der Waals surface area contributed by atoms with Gasteiger partial charge in [0.25, 0.3) is 0 Å². The van der Waals surface area contributed by atoms with Crippen LogP contribution in [0.25, 0.3) is 11.1 Å². The molecule has 2 aromatic rings. The normalized spacial score (nSPS) is 10.7. The summed E-state index contributed by atoms with van der Waals surface area (Å²) in [6.07, 6.45) is 0. The highest BCUT2D eigenvalue weighted by Gasteiger charge is 2.18. The van der Waals surface area contributed by atoms with E-state index in [1.807, 2.05) is 0 Å². The van der Waals surface area contributed by atoms with Gasteiger partial charge in [-0.3, -0.25) is 0 Å². The Morgan fingerprint density at radius 2 is 1.50 bits per heavy atom. The number of halogens is 5. The number of benzene rings is 2. The first kappa shape index (κ1) is 13.8. The average Bonchev–Trinajstić information content (AvgIpc) is 2.32. The van der Waals surface area contributed by atoms with Crippen molar-refractivity contribution in [2.75, 3.05) is 5.73 Å². The molecule has 0 aliphatic carbocycles. The standard InChI is InChI=1S/C12H6Cl4FN/c13-6-4-7(14)11(16)9(10(6)15)5-2-1-3-8(17)12(5)18/h1-4H,18H2. The summed E-state index contributed by atoms with van der Waals surface area (Å²) in [5.74, 6) is -0.560. The minimum Gasteiger partial charge on any atom is -0.396 e. The maximum absolute atomic E-state index is 13.5. The topological polar surface area (TPSA) is 26.0 Å². The van der Waals surface area contributed by atoms with Crippen LogP contribution in [0.2, 0.25) is 20.1 Å². The van der Waals surface area contributed by atoms with Crippen molar-refractivity contribution in [2.24, 2.45) is 0 Å². The Kier molecular flexibility index (Phi) is 3.93. The zero-order chi connectivity index (χ0) is 13.4. The highest BCUT2D eigenvalue weighted by molar-refractivity contribution is 6.50. The van der Waals surface area contributed by atoms with E-state index in [1.54, 1.807) is 6.07 Å². The number of para-hydroxylation sites is 1. The van der Waals surface area contributed by atoms with Crippen LogP contribution < -0.4 is 5.73 Å². The Bertz CT molecular complexity index is 602. The van der Waals surface area contributed by atoms with Crippen molar-refractivity contribution >= 4 is 52.1 Å². The van der Waals surface area contributed by atoms with Crippen LogP contribution in [0.3, 0.4) is 0 Å². The molecule has 0 aromatic heterocycles. The van der Waals surface area contributed by atoms with Gasteiger partial charge >= 0.3 is 0 Å². The van der Waals surface area contributed by atoms with Crippen molar-refractivity contribution in [3.05, 3.63) is 50.2 Å². The second-order valence-corrected chi connectivity index (χ2v) is 5.11. The van der Waals surface area contributed by atoms with E-state index in [1.165, 1.54) is 18.2 Å². The summed E-state index contributed by atoms with van der Waals surface area (Å²) < 4.78 is 13.5. The number of rotatable bonds is 1. The Morgan fingerprint density at radius 3 is 2.06 bits per heavy atom. The molecule has 0 unspecified atom stereocenters. The van der Waals surface area contributed by atoms with Crippen molar-refractivity contribution in [2.45, 2.75) is 0 Å². The van der Waals surface area contributed by atoms with Crippen molar-refractivity contribution in [1.82, 2.24) is 0 Å². The van der Waals surface area contributed by atoms with Gasteiger partial charge in [0.1, 0.15) is 5.82 Å². The summed E-state index contributed by atoms with van der Waals surface area (Å²) in [5.41, 5.74) is 6.30. The lowest BCUT2D eigenvalue weighted by atomic mass is 10.0. The predicted octanol–water partition coefficient (Wildman–Crippen LogP) is 5.69. The molecule has 6 heteroatoms. The van der Waals surface area contributed by atoms with Gasteiger partial charge in [0.05, 0.1) is 25.8 Å². The van der Waals surface area contributed by atoms with Crippen LogP contribution in [0.5, 0.6) is 0 Å². The molecule has 94 valence electrons. The zero-order valence-electron chi connectivity index (χ0n) is 8.78. The fourth-order valence-electron chi connectivity index (χ4n) is 1.56. The fraction of sp³-hybridized carbons (Fsp3) is 0. The van der Waals surface area contributed by atoms with Crippen molar-refractivity contribution in [3.63, 3.8) is 0 Å². The van der Waals surface area contributed by atoms with Crippen molar-refractivity contribution < 1.29 is 4.39 Å². The largest absolute Gasteiger partial charge is 0.396 e. The molecule has 2 aromatic carbocycles. The summed E-state index contributed by atoms with van der Waals surface area (Å²) >= 11 is 24.0. The Morgan fingerprint density at radius 1 is 0.944 bits per heavy atom. The summed E-state index contributed by atoms with van der Waals surface area (Å²) in [4.78, 5) is 0. The number of anilines is 1. The van der Waals surface area contributed by atoms with Crippen LogP contribution in [0.1, 0.15) is 0 Å². The Hall–Kier alpha value is -0.670. The first-order chi connectivity index (χ1) is 8.43. The van der Waals surface area contributed by atoms with Crippen molar-refractivity contribution in [3.8, 4) is 11.1 Å². The SMILES string of the molecule is Nc1c(F)cccc1-c1c(Cl)c(Cl)cc(Cl)c1Cl. The molecule has 0 saturated carbocycles. The van der Waals surface area contributed by atoms with E-state index in [2.05, 4.69) is 0 Å². The monoisotopic (exact) mass is 323 g/mol. The number of hydrogen-bond donors (Lipinski definition) is 1. The second kappa shape index (κ2) is 5.14. The zero-order valence-corrected chi connectivity index (χ0v) is 11.8. The van der Waals surface area contributed by atoms with E-state index in [-0.39, 0.29) is 25.8 Å². The first-order valence-corrected chi connectivity index (χ1v) is 6.32. The van der Waals surface area contributed by atoms with Crippen LogP contribution in [-0.4, -0.2) is 0 Å². The van der Waals surface area contributed by atoms with Gasteiger partial charge in [-0.05, 0) is 12.1 Å². The molecule has 2 N–H and O–H groups in total. The lowest BCUT2D eigenvalue weighted by Crippen LogP contribution is -1.95. The maximum atomic E-state index is 13.5. The predicted molar refractivity (Wildman–Crippen MR) is 76.3 cm³/mol. The van der Waals surface area contributed by atoms with Crippen LogP contribution in [0, 0.1) is 5.82 Å². The molecule has 0 bridgehead atoms. The van der Waals surface area contributed by atoms with E-state index in [4.69, 9.17) is 52.1 Å². The van der Waals surface area contributed by atoms with Gasteiger partial charge < -0.3 is 5.73 Å². The van der Waals surface area contributed by atoms with Gasteiger partial charge in [0, 0.05) is 11.1 Å². The molecule has 0 fully saturated rings. The van der Waals surface area contributed by atoms with E-state index >= 15 is 0 Å².